The van der Waals surface area contributed by atoms with Crippen LogP contribution in [-0.2, 0) is 20.1 Å². The Hall–Kier alpha value is -3.59. The van der Waals surface area contributed by atoms with Crippen LogP contribution in [0.1, 0.15) is 5.56 Å². The number of rotatable bonds is 2. The van der Waals surface area contributed by atoms with Gasteiger partial charge in [0.15, 0.2) is 0 Å². The van der Waals surface area contributed by atoms with Crippen LogP contribution in [-0.4, -0.2) is 9.97 Å². The maximum atomic E-state index is 5.79. The molecule has 0 aliphatic carbocycles. The molecule has 160 valence electrons. The number of hydrogen-bond acceptors (Lipinski definition) is 3. The van der Waals surface area contributed by atoms with Gasteiger partial charge in [-0.3, -0.25) is 0 Å². The predicted octanol–water partition coefficient (Wildman–Crippen LogP) is 7.10. The fraction of sp³-hybridized carbons (Fsp3) is 0.0345. The molecule has 0 aliphatic heterocycles. The molecule has 6 aromatic rings. The summed E-state index contributed by atoms with van der Waals surface area (Å²) in [4.78, 5) is 8.62. The maximum Gasteiger partial charge on any atom is 3.00 e. The quantitative estimate of drug-likeness (QED) is 0.198. The van der Waals surface area contributed by atoms with Gasteiger partial charge in [-0.15, -0.1) is 41.1 Å². The molecule has 0 bridgehead atoms. The van der Waals surface area contributed by atoms with Crippen LogP contribution in [0, 0.1) is 25.1 Å². The summed E-state index contributed by atoms with van der Waals surface area (Å²) in [5.74, 6) is 0. The van der Waals surface area contributed by atoms with Gasteiger partial charge in [0, 0.05) is 11.6 Å². The number of para-hydroxylation sites is 1. The molecule has 4 heteroatoms. The molecule has 3 nitrogen and oxygen atoms in total. The van der Waals surface area contributed by atoms with Crippen molar-refractivity contribution in [2.24, 2.45) is 0 Å². The van der Waals surface area contributed by atoms with E-state index in [0.717, 1.165) is 50.0 Å². The molecule has 0 amide bonds. The van der Waals surface area contributed by atoms with Gasteiger partial charge in [-0.25, -0.2) is 17.7 Å². The fourth-order valence-corrected chi connectivity index (χ4v) is 3.45. The minimum Gasteiger partial charge on any atom is -0.500 e. The minimum absolute atomic E-state index is 0. The summed E-state index contributed by atoms with van der Waals surface area (Å²) in [6.07, 6.45) is 3.63. The molecule has 0 aliphatic rings. The van der Waals surface area contributed by atoms with E-state index in [1.807, 2.05) is 85.9 Å². The van der Waals surface area contributed by atoms with E-state index >= 15 is 0 Å². The van der Waals surface area contributed by atoms with Crippen LogP contribution in [0.3, 0.4) is 0 Å². The number of pyridine rings is 2. The van der Waals surface area contributed by atoms with E-state index in [9.17, 15) is 0 Å². The smallest absolute Gasteiger partial charge is 0.500 e. The monoisotopic (exact) mass is 604 g/mol. The third-order valence-electron chi connectivity index (χ3n) is 5.05. The number of benzene rings is 3. The van der Waals surface area contributed by atoms with Gasteiger partial charge in [0.05, 0.1) is 5.58 Å². The number of furan rings is 1. The summed E-state index contributed by atoms with van der Waals surface area (Å²) in [6.45, 7) is 2.00. The number of fused-ring (bicyclic) bond motifs is 3. The molecule has 3 heterocycles. The van der Waals surface area contributed by atoms with Crippen molar-refractivity contribution < 1.29 is 24.5 Å². The first-order valence-corrected chi connectivity index (χ1v) is 10.3. The molecule has 3 aromatic carbocycles. The Bertz CT molecular complexity index is 1460. The van der Waals surface area contributed by atoms with Crippen molar-refractivity contribution in [3.63, 3.8) is 0 Å². The number of hydrogen-bond donors (Lipinski definition) is 0. The standard InChI is InChI=1S/C17H10NO.C12H9N.Ir/c1-2-7-16-13(5-1)14-11-12(8-9-17(14)19-16)15-6-3-4-10-18-15;1-10-7-8-12(13-9-10)11-5-3-2-4-6-11;/h1-7,9-11H;2-5,7,9H,1H3;/q-1;-2;+3. The second-order valence-electron chi connectivity index (χ2n) is 7.35. The molecule has 0 atom stereocenters. The summed E-state index contributed by atoms with van der Waals surface area (Å²) in [5, 5.41) is 2.23. The average molecular weight is 604 g/mol. The first-order valence-electron chi connectivity index (χ1n) is 10.3. The van der Waals surface area contributed by atoms with Crippen molar-refractivity contribution in [1.29, 1.82) is 0 Å². The van der Waals surface area contributed by atoms with E-state index in [0.29, 0.717) is 0 Å². The van der Waals surface area contributed by atoms with Gasteiger partial charge in [0.1, 0.15) is 5.58 Å². The van der Waals surface area contributed by atoms with E-state index in [1.165, 1.54) is 0 Å². The summed E-state index contributed by atoms with van der Waals surface area (Å²) >= 11 is 0. The van der Waals surface area contributed by atoms with Gasteiger partial charge in [0.2, 0.25) is 0 Å². The summed E-state index contributed by atoms with van der Waals surface area (Å²) in [6, 6.07) is 37.1. The van der Waals surface area contributed by atoms with Crippen LogP contribution in [0.4, 0.5) is 0 Å². The Kier molecular flexibility index (Phi) is 7.09. The normalized spacial score (nSPS) is 10.3. The van der Waals surface area contributed by atoms with Gasteiger partial charge in [-0.1, -0.05) is 42.6 Å². The van der Waals surface area contributed by atoms with Crippen LogP contribution < -0.4 is 0 Å². The molecule has 0 saturated carbocycles. The van der Waals surface area contributed by atoms with Crippen LogP contribution in [0.25, 0.3) is 44.5 Å². The van der Waals surface area contributed by atoms with E-state index < -0.39 is 0 Å². The van der Waals surface area contributed by atoms with Crippen molar-refractivity contribution >= 4 is 21.9 Å². The number of aromatic nitrogens is 2. The molecule has 6 rings (SSSR count). The van der Waals surface area contributed by atoms with Crippen LogP contribution in [0.2, 0.25) is 0 Å². The van der Waals surface area contributed by atoms with Gasteiger partial charge in [0.25, 0.3) is 0 Å². The van der Waals surface area contributed by atoms with Gasteiger partial charge in [-0.05, 0) is 24.0 Å². The van der Waals surface area contributed by atoms with Gasteiger partial charge in [-0.2, -0.15) is 24.3 Å². The van der Waals surface area contributed by atoms with Gasteiger partial charge < -0.3 is 14.4 Å². The zero-order chi connectivity index (χ0) is 21.8. The molecule has 0 radical (unpaired) electrons. The van der Waals surface area contributed by atoms with Crippen LogP contribution >= 0.6 is 0 Å². The van der Waals surface area contributed by atoms with E-state index in [2.05, 4.69) is 40.3 Å². The van der Waals surface area contributed by atoms with Crippen molar-refractivity contribution in [2.45, 2.75) is 6.92 Å². The minimum atomic E-state index is 0. The second-order valence-corrected chi connectivity index (χ2v) is 7.35. The molecule has 0 spiro atoms. The Morgan fingerprint density at radius 3 is 2.33 bits per heavy atom. The van der Waals surface area contributed by atoms with Gasteiger partial charge >= 0.3 is 20.1 Å². The second kappa shape index (κ2) is 10.4. The molecule has 33 heavy (non-hydrogen) atoms. The zero-order valence-corrected chi connectivity index (χ0v) is 20.3. The van der Waals surface area contributed by atoms with Crippen molar-refractivity contribution in [3.8, 4) is 22.5 Å². The topological polar surface area (TPSA) is 38.9 Å². The third-order valence-corrected chi connectivity index (χ3v) is 5.05. The average Bonchev–Trinajstić information content (AvgIpc) is 3.24. The van der Waals surface area contributed by atoms with E-state index in [4.69, 9.17) is 4.42 Å². The summed E-state index contributed by atoms with van der Waals surface area (Å²) in [7, 11) is 0. The molecule has 0 N–H and O–H groups in total. The SMILES string of the molecule is Cc1c[c-]c(-c2[c-]cccc2)nc1.[Ir+3].[c-]1cc2oc3ccccc3c2cc1-c1ccccn1. The summed E-state index contributed by atoms with van der Waals surface area (Å²) in [5.41, 5.74) is 6.65. The maximum absolute atomic E-state index is 5.79. The van der Waals surface area contributed by atoms with Crippen molar-refractivity contribution in [2.75, 3.05) is 0 Å². The molecule has 3 aromatic heterocycles. The van der Waals surface area contributed by atoms with E-state index in [1.54, 1.807) is 6.20 Å². The first kappa shape index (κ1) is 22.6. The number of aryl methyl sites for hydroxylation is 1. The molecular weight excluding hydrogens is 585 g/mol. The van der Waals surface area contributed by atoms with Crippen LogP contribution in [0.15, 0.2) is 102 Å². The molecule has 0 unspecified atom stereocenters. The molecule has 0 saturated heterocycles. The predicted molar refractivity (Wildman–Crippen MR) is 128 cm³/mol. The third kappa shape index (κ3) is 5.09. The summed E-state index contributed by atoms with van der Waals surface area (Å²) < 4.78 is 5.79. The fourth-order valence-electron chi connectivity index (χ4n) is 3.45. The van der Waals surface area contributed by atoms with Crippen molar-refractivity contribution in [3.05, 3.63) is 121 Å². The molecular formula is C29H19IrN2O. The van der Waals surface area contributed by atoms with E-state index in [-0.39, 0.29) is 20.1 Å². The largest absolute Gasteiger partial charge is 3.00 e. The Balaban J connectivity index is 0.000000164. The molecule has 0 fully saturated rings. The Morgan fingerprint density at radius 1 is 0.727 bits per heavy atom. The first-order chi connectivity index (χ1) is 15.8. The van der Waals surface area contributed by atoms with Crippen LogP contribution in [0.5, 0.6) is 0 Å². The Morgan fingerprint density at radius 2 is 1.58 bits per heavy atom. The zero-order valence-electron chi connectivity index (χ0n) is 17.9. The number of nitrogens with zero attached hydrogens (tertiary/aromatic N) is 2. The van der Waals surface area contributed by atoms with Crippen molar-refractivity contribution in [1.82, 2.24) is 9.97 Å². The Labute approximate surface area is 206 Å².